The molecule has 1 fully saturated rings. The van der Waals surface area contributed by atoms with Gasteiger partial charge in [0.05, 0.1) is 6.04 Å². The number of rotatable bonds is 9. The maximum absolute atomic E-state index is 5.47. The zero-order valence-corrected chi connectivity index (χ0v) is 20.5. The van der Waals surface area contributed by atoms with Crippen molar-refractivity contribution in [1.29, 1.82) is 0 Å². The van der Waals surface area contributed by atoms with Gasteiger partial charge in [0.25, 0.3) is 0 Å². The molecule has 0 saturated carbocycles. The highest BCUT2D eigenvalue weighted by Gasteiger charge is 2.20. The highest BCUT2D eigenvalue weighted by Crippen LogP contribution is 2.22. The molecule has 0 amide bonds. The summed E-state index contributed by atoms with van der Waals surface area (Å²) in [6.45, 7) is 10.3. The Morgan fingerprint density at radius 3 is 2.59 bits per heavy atom. The zero-order chi connectivity index (χ0) is 18.8. The lowest BCUT2D eigenvalue weighted by molar-refractivity contribution is 0.0625. The van der Waals surface area contributed by atoms with Gasteiger partial charge in [0.15, 0.2) is 5.96 Å². The van der Waals surface area contributed by atoms with Crippen LogP contribution in [-0.2, 0) is 4.74 Å². The monoisotopic (exact) mass is 508 g/mol. The van der Waals surface area contributed by atoms with Crippen molar-refractivity contribution in [3.8, 4) is 0 Å². The number of guanidine groups is 1. The van der Waals surface area contributed by atoms with E-state index >= 15 is 0 Å². The fourth-order valence-corrected chi connectivity index (χ4v) is 4.38. The van der Waals surface area contributed by atoms with Crippen LogP contribution < -0.4 is 5.32 Å². The molecule has 1 aromatic rings. The fraction of sp³-hybridized carbons (Fsp3) is 0.750. The van der Waals surface area contributed by atoms with Crippen LogP contribution in [-0.4, -0.2) is 69.2 Å². The molecule has 1 aromatic heterocycles. The number of ether oxygens (including phenoxy) is 1. The smallest absolute Gasteiger partial charge is 0.193 e. The standard InChI is InChI=1S/C20H36N4OS.HI/c1-5-24(6-2)19(18-10-14-26-16-18)15-22-20(21-3)23(4)11-7-17-8-12-25-13-9-17;/h10,14,16-17,19H,5-9,11-13,15H2,1-4H3,(H,21,22);1H. The van der Waals surface area contributed by atoms with Crippen molar-refractivity contribution in [2.75, 3.05) is 53.5 Å². The van der Waals surface area contributed by atoms with Crippen LogP contribution in [0, 0.1) is 5.92 Å². The Morgan fingerprint density at radius 1 is 1.33 bits per heavy atom. The van der Waals surface area contributed by atoms with Crippen LogP contribution >= 0.6 is 35.3 Å². The molecule has 0 aliphatic carbocycles. The molecule has 2 rings (SSSR count). The van der Waals surface area contributed by atoms with E-state index in [0.717, 1.165) is 51.3 Å². The normalized spacial score (nSPS) is 16.9. The molecule has 0 aromatic carbocycles. The second-order valence-corrected chi connectivity index (χ2v) is 7.77. The SMILES string of the molecule is CCN(CC)C(CNC(=NC)N(C)CCC1CCOCC1)c1ccsc1.I. The number of nitrogens with one attached hydrogen (secondary N) is 1. The predicted octanol–water partition coefficient (Wildman–Crippen LogP) is 4.07. The van der Waals surface area contributed by atoms with Crippen LogP contribution in [0.15, 0.2) is 21.8 Å². The Labute approximate surface area is 186 Å². The van der Waals surface area contributed by atoms with Crippen LogP contribution in [0.5, 0.6) is 0 Å². The number of halogens is 1. The first kappa shape index (κ1) is 24.7. The van der Waals surface area contributed by atoms with Crippen LogP contribution in [0.3, 0.4) is 0 Å². The van der Waals surface area contributed by atoms with Gasteiger partial charge in [-0.15, -0.1) is 24.0 Å². The van der Waals surface area contributed by atoms with Gasteiger partial charge in [-0.3, -0.25) is 9.89 Å². The molecule has 1 N–H and O–H groups in total. The third-order valence-electron chi connectivity index (χ3n) is 5.42. The first-order chi connectivity index (χ1) is 12.7. The minimum absolute atomic E-state index is 0. The summed E-state index contributed by atoms with van der Waals surface area (Å²) < 4.78 is 5.47. The van der Waals surface area contributed by atoms with Crippen LogP contribution in [0.2, 0.25) is 0 Å². The summed E-state index contributed by atoms with van der Waals surface area (Å²) in [7, 11) is 4.02. The van der Waals surface area contributed by atoms with E-state index in [1.54, 1.807) is 11.3 Å². The summed E-state index contributed by atoms with van der Waals surface area (Å²) in [6, 6.07) is 2.63. The zero-order valence-electron chi connectivity index (χ0n) is 17.3. The molecule has 2 heterocycles. The average molecular weight is 509 g/mol. The van der Waals surface area contributed by atoms with E-state index in [4.69, 9.17) is 4.74 Å². The second-order valence-electron chi connectivity index (χ2n) is 6.99. The largest absolute Gasteiger partial charge is 0.381 e. The van der Waals surface area contributed by atoms with E-state index in [1.807, 2.05) is 7.05 Å². The Kier molecular flexibility index (Phi) is 12.5. The lowest BCUT2D eigenvalue weighted by Crippen LogP contribution is -2.44. The number of nitrogens with zero attached hydrogens (tertiary/aromatic N) is 3. The Hall–Kier alpha value is -0.380. The molecule has 0 spiro atoms. The van der Waals surface area contributed by atoms with E-state index < -0.39 is 0 Å². The number of hydrogen-bond acceptors (Lipinski definition) is 4. The highest BCUT2D eigenvalue weighted by atomic mass is 127. The van der Waals surface area contributed by atoms with Crippen molar-refractivity contribution in [2.45, 2.75) is 39.2 Å². The van der Waals surface area contributed by atoms with Gasteiger partial charge >= 0.3 is 0 Å². The van der Waals surface area contributed by atoms with Crippen molar-refractivity contribution in [3.63, 3.8) is 0 Å². The molecule has 1 aliphatic heterocycles. The maximum atomic E-state index is 5.47. The summed E-state index contributed by atoms with van der Waals surface area (Å²) in [5.74, 6) is 1.78. The van der Waals surface area contributed by atoms with Gasteiger partial charge in [0.1, 0.15) is 0 Å². The van der Waals surface area contributed by atoms with Gasteiger partial charge in [-0.2, -0.15) is 11.3 Å². The lowest BCUT2D eigenvalue weighted by atomic mass is 9.96. The summed E-state index contributed by atoms with van der Waals surface area (Å²) in [6.07, 6.45) is 3.61. The van der Waals surface area contributed by atoms with E-state index in [9.17, 15) is 0 Å². The van der Waals surface area contributed by atoms with E-state index in [2.05, 4.69) is 57.8 Å². The van der Waals surface area contributed by atoms with Crippen molar-refractivity contribution in [1.82, 2.24) is 15.1 Å². The molecule has 5 nitrogen and oxygen atoms in total. The summed E-state index contributed by atoms with van der Waals surface area (Å²) in [5.41, 5.74) is 1.39. The molecular weight excluding hydrogens is 471 g/mol. The Morgan fingerprint density at radius 2 is 2.04 bits per heavy atom. The number of likely N-dealkylation sites (N-methyl/N-ethyl adjacent to an activating group) is 1. The van der Waals surface area contributed by atoms with Crippen LogP contribution in [0.25, 0.3) is 0 Å². The van der Waals surface area contributed by atoms with Crippen molar-refractivity contribution >= 4 is 41.3 Å². The van der Waals surface area contributed by atoms with Gasteiger partial charge in [0, 0.05) is 40.4 Å². The van der Waals surface area contributed by atoms with E-state index in [1.165, 1.54) is 24.8 Å². The van der Waals surface area contributed by atoms with E-state index in [0.29, 0.717) is 6.04 Å². The second kappa shape index (κ2) is 13.7. The van der Waals surface area contributed by atoms with Crippen molar-refractivity contribution in [3.05, 3.63) is 22.4 Å². The van der Waals surface area contributed by atoms with Crippen LogP contribution in [0.1, 0.15) is 44.7 Å². The summed E-state index contributed by atoms with van der Waals surface area (Å²) >= 11 is 1.77. The topological polar surface area (TPSA) is 40.1 Å². The number of hydrogen-bond donors (Lipinski definition) is 1. The fourth-order valence-electron chi connectivity index (χ4n) is 3.68. The Balaban J connectivity index is 0.00000364. The van der Waals surface area contributed by atoms with Gasteiger partial charge < -0.3 is 15.0 Å². The minimum atomic E-state index is 0. The van der Waals surface area contributed by atoms with Crippen molar-refractivity contribution < 1.29 is 4.74 Å². The lowest BCUT2D eigenvalue weighted by Gasteiger charge is -2.32. The van der Waals surface area contributed by atoms with Gasteiger partial charge in [-0.05, 0) is 60.7 Å². The minimum Gasteiger partial charge on any atom is -0.381 e. The third-order valence-corrected chi connectivity index (χ3v) is 6.12. The summed E-state index contributed by atoms with van der Waals surface area (Å²) in [5, 5.41) is 8.04. The van der Waals surface area contributed by atoms with Crippen LogP contribution in [0.4, 0.5) is 0 Å². The molecule has 0 bridgehead atoms. The predicted molar refractivity (Wildman–Crippen MR) is 128 cm³/mol. The Bertz CT molecular complexity index is 516. The van der Waals surface area contributed by atoms with Gasteiger partial charge in [-0.1, -0.05) is 13.8 Å². The van der Waals surface area contributed by atoms with Crippen molar-refractivity contribution in [2.24, 2.45) is 10.9 Å². The first-order valence-corrected chi connectivity index (χ1v) is 10.9. The molecule has 1 atom stereocenters. The van der Waals surface area contributed by atoms with Gasteiger partial charge in [-0.25, -0.2) is 0 Å². The molecule has 1 saturated heterocycles. The average Bonchev–Trinajstić information content (AvgIpc) is 3.21. The molecule has 156 valence electrons. The van der Waals surface area contributed by atoms with E-state index in [-0.39, 0.29) is 24.0 Å². The molecule has 7 heteroatoms. The quantitative estimate of drug-likeness (QED) is 0.310. The molecular formula is C20H37IN4OS. The first-order valence-electron chi connectivity index (χ1n) is 9.95. The molecule has 1 unspecified atom stereocenters. The molecule has 1 aliphatic rings. The number of aliphatic imine (C=N–C) groups is 1. The third kappa shape index (κ3) is 7.87. The highest BCUT2D eigenvalue weighted by molar-refractivity contribution is 14.0. The summed E-state index contributed by atoms with van der Waals surface area (Å²) in [4.78, 5) is 9.28. The molecule has 0 radical (unpaired) electrons. The maximum Gasteiger partial charge on any atom is 0.193 e. The van der Waals surface area contributed by atoms with Gasteiger partial charge in [0.2, 0.25) is 0 Å². The molecule has 27 heavy (non-hydrogen) atoms. The number of thiophene rings is 1.